The van der Waals surface area contributed by atoms with Crippen LogP contribution >= 0.6 is 0 Å². The van der Waals surface area contributed by atoms with Crippen molar-refractivity contribution in [3.63, 3.8) is 0 Å². The van der Waals surface area contributed by atoms with Gasteiger partial charge in [-0.25, -0.2) is 0 Å². The van der Waals surface area contributed by atoms with E-state index in [1.165, 1.54) is 38.5 Å². The lowest BCUT2D eigenvalue weighted by atomic mass is 10.1. The number of hydrogen-bond donors (Lipinski definition) is 0. The summed E-state index contributed by atoms with van der Waals surface area (Å²) in [5.41, 5.74) is 1.54. The van der Waals surface area contributed by atoms with E-state index in [9.17, 15) is 0 Å². The maximum atomic E-state index is 2.37. The molecule has 0 spiro atoms. The Labute approximate surface area is 82.0 Å². The van der Waals surface area contributed by atoms with E-state index in [1.54, 1.807) is 5.57 Å². The molecule has 1 aliphatic carbocycles. The molecular weight excluding hydrogens is 156 g/mol. The molecule has 0 aromatic carbocycles. The van der Waals surface area contributed by atoms with Crippen LogP contribution < -0.4 is 0 Å². The van der Waals surface area contributed by atoms with Gasteiger partial charge in [0.15, 0.2) is 0 Å². The van der Waals surface area contributed by atoms with Gasteiger partial charge in [0.1, 0.15) is 0 Å². The third-order valence-corrected chi connectivity index (χ3v) is 2.36. The zero-order valence-corrected chi connectivity index (χ0v) is 8.63. The van der Waals surface area contributed by atoms with Crippen LogP contribution in [0.5, 0.6) is 0 Å². The quantitative estimate of drug-likeness (QED) is 0.480. The zero-order valence-electron chi connectivity index (χ0n) is 8.63. The molecule has 1 rings (SSSR count). The van der Waals surface area contributed by atoms with Crippen LogP contribution in [0, 0.1) is 0 Å². The molecule has 0 unspecified atom stereocenters. The lowest BCUT2D eigenvalue weighted by Crippen LogP contribution is -1.78. The lowest BCUT2D eigenvalue weighted by molar-refractivity contribution is 0.921. The van der Waals surface area contributed by atoms with Crippen LogP contribution in [0.25, 0.3) is 0 Å². The van der Waals surface area contributed by atoms with Crippen molar-refractivity contribution in [1.29, 1.82) is 0 Å². The average molecular weight is 176 g/mol. The second-order valence-electron chi connectivity index (χ2n) is 3.69. The molecule has 0 N–H and O–H groups in total. The highest BCUT2D eigenvalue weighted by Gasteiger charge is 1.88. The molecule has 13 heavy (non-hydrogen) atoms. The predicted octanol–water partition coefficient (Wildman–Crippen LogP) is 4.40. The molecule has 0 fully saturated rings. The van der Waals surface area contributed by atoms with Crippen LogP contribution in [0.4, 0.5) is 0 Å². The van der Waals surface area contributed by atoms with Gasteiger partial charge in [0.05, 0.1) is 0 Å². The van der Waals surface area contributed by atoms with Crippen molar-refractivity contribution < 1.29 is 0 Å². The first kappa shape index (κ1) is 10.3. The second-order valence-corrected chi connectivity index (χ2v) is 3.69. The smallest absolute Gasteiger partial charge is 0.0288 e. The summed E-state index contributed by atoms with van der Waals surface area (Å²) in [4.78, 5) is 0. The largest absolute Gasteiger partial charge is 0.0882 e. The Bertz CT molecular complexity index is 206. The number of rotatable bonds is 0. The standard InChI is InChI=1S/C13H20/c1-13-11-9-7-5-3-2-4-6-8-10-12-13/h3,5-6,8,11H,2,4,7,9-10,12H2,1H3/b5-3-,8-6-,13-11-. The third-order valence-electron chi connectivity index (χ3n) is 2.36. The number of allylic oxidation sites excluding steroid dienone is 6. The Morgan fingerprint density at radius 3 is 2.00 bits per heavy atom. The molecule has 0 heterocycles. The fraction of sp³-hybridized carbons (Fsp3) is 0.538. The monoisotopic (exact) mass is 176 g/mol. The maximum Gasteiger partial charge on any atom is -0.0288 e. The van der Waals surface area contributed by atoms with Crippen molar-refractivity contribution in [1.82, 2.24) is 0 Å². The first-order valence-corrected chi connectivity index (χ1v) is 5.35. The SMILES string of the molecule is C/C1=C/CC/C=C\CC/C=C\CC1. The van der Waals surface area contributed by atoms with Crippen molar-refractivity contribution in [2.24, 2.45) is 0 Å². The predicted molar refractivity (Wildman–Crippen MR) is 59.7 cm³/mol. The summed E-state index contributed by atoms with van der Waals surface area (Å²) in [6.45, 7) is 2.24. The van der Waals surface area contributed by atoms with E-state index >= 15 is 0 Å². The number of hydrogen-bond acceptors (Lipinski definition) is 0. The van der Waals surface area contributed by atoms with Crippen LogP contribution in [-0.4, -0.2) is 0 Å². The van der Waals surface area contributed by atoms with Gasteiger partial charge in [-0.3, -0.25) is 0 Å². The average Bonchev–Trinajstić information content (AvgIpc) is 2.11. The van der Waals surface area contributed by atoms with Crippen LogP contribution in [0.15, 0.2) is 36.0 Å². The van der Waals surface area contributed by atoms with Gasteiger partial charge in [0, 0.05) is 0 Å². The minimum atomic E-state index is 1.21. The van der Waals surface area contributed by atoms with Gasteiger partial charge in [0.2, 0.25) is 0 Å². The molecule has 0 aliphatic heterocycles. The van der Waals surface area contributed by atoms with Crippen molar-refractivity contribution in [3.8, 4) is 0 Å². The van der Waals surface area contributed by atoms with Gasteiger partial charge in [-0.15, -0.1) is 0 Å². The summed E-state index contributed by atoms with van der Waals surface area (Å²) in [5.74, 6) is 0. The molecule has 0 amide bonds. The minimum Gasteiger partial charge on any atom is -0.0882 e. The summed E-state index contributed by atoms with van der Waals surface area (Å²) in [6, 6.07) is 0. The summed E-state index contributed by atoms with van der Waals surface area (Å²) in [6.07, 6.45) is 18.9. The molecule has 0 nitrogen and oxygen atoms in total. The molecular formula is C13H20. The van der Waals surface area contributed by atoms with Crippen molar-refractivity contribution in [2.75, 3.05) is 0 Å². The minimum absolute atomic E-state index is 1.21. The first-order chi connectivity index (χ1) is 6.39. The topological polar surface area (TPSA) is 0 Å². The van der Waals surface area contributed by atoms with Crippen molar-refractivity contribution in [3.05, 3.63) is 36.0 Å². The molecule has 0 aromatic heterocycles. The van der Waals surface area contributed by atoms with Crippen molar-refractivity contribution >= 4 is 0 Å². The molecule has 0 saturated heterocycles. The molecule has 1 aliphatic rings. The van der Waals surface area contributed by atoms with E-state index in [-0.39, 0.29) is 0 Å². The van der Waals surface area contributed by atoms with E-state index in [0.717, 1.165) is 0 Å². The maximum absolute atomic E-state index is 2.37. The van der Waals surface area contributed by atoms with Crippen molar-refractivity contribution in [2.45, 2.75) is 45.4 Å². The molecule has 0 aromatic rings. The fourth-order valence-corrected chi connectivity index (χ4v) is 1.50. The molecule has 72 valence electrons. The normalized spacial score (nSPS) is 29.2. The third kappa shape index (κ3) is 5.46. The highest BCUT2D eigenvalue weighted by molar-refractivity contribution is 5.02. The molecule has 0 bridgehead atoms. The van der Waals surface area contributed by atoms with E-state index < -0.39 is 0 Å². The molecule has 0 radical (unpaired) electrons. The Morgan fingerprint density at radius 2 is 1.31 bits per heavy atom. The summed E-state index contributed by atoms with van der Waals surface area (Å²) < 4.78 is 0. The Balaban J connectivity index is 2.42. The van der Waals surface area contributed by atoms with E-state index in [0.29, 0.717) is 0 Å². The van der Waals surface area contributed by atoms with Crippen LogP contribution in [0.2, 0.25) is 0 Å². The summed E-state index contributed by atoms with van der Waals surface area (Å²) in [5, 5.41) is 0. The van der Waals surface area contributed by atoms with E-state index in [1.807, 2.05) is 0 Å². The Kier molecular flexibility index (Phi) is 5.31. The van der Waals surface area contributed by atoms with Gasteiger partial charge in [-0.1, -0.05) is 36.0 Å². The highest BCUT2D eigenvalue weighted by atomic mass is 13.9. The Morgan fingerprint density at radius 1 is 0.769 bits per heavy atom. The molecule has 0 heteroatoms. The summed E-state index contributed by atoms with van der Waals surface area (Å²) >= 11 is 0. The summed E-state index contributed by atoms with van der Waals surface area (Å²) in [7, 11) is 0. The molecule has 0 saturated carbocycles. The fourth-order valence-electron chi connectivity index (χ4n) is 1.50. The Hall–Kier alpha value is -0.780. The van der Waals surface area contributed by atoms with Crippen LogP contribution in [0.3, 0.4) is 0 Å². The van der Waals surface area contributed by atoms with Gasteiger partial charge < -0.3 is 0 Å². The van der Waals surface area contributed by atoms with Crippen LogP contribution in [0.1, 0.15) is 45.4 Å². The van der Waals surface area contributed by atoms with E-state index in [4.69, 9.17) is 0 Å². The van der Waals surface area contributed by atoms with E-state index in [2.05, 4.69) is 37.3 Å². The highest BCUT2D eigenvalue weighted by Crippen LogP contribution is 2.09. The van der Waals surface area contributed by atoms with Gasteiger partial charge >= 0.3 is 0 Å². The molecule has 0 atom stereocenters. The van der Waals surface area contributed by atoms with Crippen LogP contribution in [-0.2, 0) is 0 Å². The second kappa shape index (κ2) is 6.71. The van der Waals surface area contributed by atoms with Gasteiger partial charge in [-0.2, -0.15) is 0 Å². The lowest BCUT2D eigenvalue weighted by Gasteiger charge is -1.98. The zero-order chi connectivity index (χ0) is 9.36. The van der Waals surface area contributed by atoms with Gasteiger partial charge in [-0.05, 0) is 45.4 Å². The first-order valence-electron chi connectivity index (χ1n) is 5.35. The van der Waals surface area contributed by atoms with Gasteiger partial charge in [0.25, 0.3) is 0 Å².